The number of H-pyrrole nitrogens is 2. The van der Waals surface area contributed by atoms with Gasteiger partial charge >= 0.3 is 0 Å². The van der Waals surface area contributed by atoms with Gasteiger partial charge in [0.2, 0.25) is 0 Å². The van der Waals surface area contributed by atoms with Gasteiger partial charge in [0.1, 0.15) is 0 Å². The largest absolute Gasteiger partial charge is 0.319 e. The SMILES string of the molecule is O=c1[nH]c2ccccc2nc1-c1ccn[nH]1. The van der Waals surface area contributed by atoms with Gasteiger partial charge in [0.25, 0.3) is 5.56 Å². The van der Waals surface area contributed by atoms with Crippen LogP contribution in [0, 0.1) is 0 Å². The number of aromatic amines is 2. The van der Waals surface area contributed by atoms with E-state index in [-0.39, 0.29) is 5.56 Å². The van der Waals surface area contributed by atoms with Crippen molar-refractivity contribution < 1.29 is 0 Å². The maximum absolute atomic E-state index is 11.8. The van der Waals surface area contributed by atoms with Gasteiger partial charge in [-0.25, -0.2) is 4.98 Å². The molecular formula is C11H8N4O. The third kappa shape index (κ3) is 1.30. The molecule has 0 radical (unpaired) electrons. The van der Waals surface area contributed by atoms with E-state index in [1.165, 1.54) is 0 Å². The molecule has 2 aromatic heterocycles. The Labute approximate surface area is 90.2 Å². The summed E-state index contributed by atoms with van der Waals surface area (Å²) in [6.45, 7) is 0. The molecule has 0 unspecified atom stereocenters. The van der Waals surface area contributed by atoms with Crippen molar-refractivity contribution in [2.24, 2.45) is 0 Å². The molecule has 0 saturated heterocycles. The lowest BCUT2D eigenvalue weighted by atomic mass is 10.2. The van der Waals surface area contributed by atoms with Gasteiger partial charge in [0.05, 0.1) is 16.7 Å². The van der Waals surface area contributed by atoms with E-state index in [0.29, 0.717) is 11.4 Å². The third-order valence-corrected chi connectivity index (χ3v) is 2.36. The molecule has 0 saturated carbocycles. The molecular weight excluding hydrogens is 204 g/mol. The van der Waals surface area contributed by atoms with Crippen molar-refractivity contribution in [1.82, 2.24) is 20.2 Å². The number of hydrogen-bond acceptors (Lipinski definition) is 3. The lowest BCUT2D eigenvalue weighted by Gasteiger charge is -1.99. The molecule has 2 heterocycles. The van der Waals surface area contributed by atoms with Crippen molar-refractivity contribution in [1.29, 1.82) is 0 Å². The van der Waals surface area contributed by atoms with Gasteiger partial charge in [-0.15, -0.1) is 0 Å². The highest BCUT2D eigenvalue weighted by Crippen LogP contribution is 2.12. The fourth-order valence-electron chi connectivity index (χ4n) is 1.60. The molecule has 78 valence electrons. The van der Waals surface area contributed by atoms with E-state index >= 15 is 0 Å². The number of nitrogens with one attached hydrogen (secondary N) is 2. The van der Waals surface area contributed by atoms with Gasteiger partial charge in [-0.2, -0.15) is 5.10 Å². The first-order chi connectivity index (χ1) is 7.84. The van der Waals surface area contributed by atoms with E-state index in [1.807, 2.05) is 24.3 Å². The Morgan fingerprint density at radius 3 is 2.81 bits per heavy atom. The predicted octanol–water partition coefficient (Wildman–Crippen LogP) is 1.31. The molecule has 0 spiro atoms. The normalized spacial score (nSPS) is 10.8. The lowest BCUT2D eigenvalue weighted by molar-refractivity contribution is 1.08. The Kier molecular flexibility index (Phi) is 1.83. The van der Waals surface area contributed by atoms with E-state index < -0.39 is 0 Å². The summed E-state index contributed by atoms with van der Waals surface area (Å²) in [6, 6.07) is 9.12. The minimum atomic E-state index is -0.219. The Bertz CT molecular complexity index is 685. The van der Waals surface area contributed by atoms with Crippen LogP contribution >= 0.6 is 0 Å². The first kappa shape index (κ1) is 8.84. The molecule has 0 aliphatic rings. The molecule has 5 nitrogen and oxygen atoms in total. The molecule has 16 heavy (non-hydrogen) atoms. The highest BCUT2D eigenvalue weighted by atomic mass is 16.1. The first-order valence-corrected chi connectivity index (χ1v) is 4.83. The maximum Gasteiger partial charge on any atom is 0.276 e. The van der Waals surface area contributed by atoms with Crippen LogP contribution in [0.25, 0.3) is 22.4 Å². The van der Waals surface area contributed by atoms with Crippen molar-refractivity contribution in [2.45, 2.75) is 0 Å². The van der Waals surface area contributed by atoms with E-state index in [4.69, 9.17) is 0 Å². The second-order valence-corrected chi connectivity index (χ2v) is 3.40. The highest BCUT2D eigenvalue weighted by Gasteiger charge is 2.07. The van der Waals surface area contributed by atoms with Crippen LogP contribution < -0.4 is 5.56 Å². The molecule has 3 rings (SSSR count). The van der Waals surface area contributed by atoms with E-state index in [1.54, 1.807) is 12.3 Å². The minimum Gasteiger partial charge on any atom is -0.319 e. The summed E-state index contributed by atoms with van der Waals surface area (Å²) in [5.41, 5.74) is 2.24. The smallest absolute Gasteiger partial charge is 0.276 e. The van der Waals surface area contributed by atoms with Crippen molar-refractivity contribution in [3.63, 3.8) is 0 Å². The quantitative estimate of drug-likeness (QED) is 0.638. The molecule has 0 aliphatic carbocycles. The Hall–Kier alpha value is -2.43. The zero-order valence-electron chi connectivity index (χ0n) is 8.27. The molecule has 2 N–H and O–H groups in total. The van der Waals surface area contributed by atoms with Crippen molar-refractivity contribution in [3.05, 3.63) is 46.9 Å². The van der Waals surface area contributed by atoms with Gasteiger partial charge in [0.15, 0.2) is 5.69 Å². The third-order valence-electron chi connectivity index (χ3n) is 2.36. The number of nitrogens with zero attached hydrogens (tertiary/aromatic N) is 2. The molecule has 3 aromatic rings. The number of hydrogen-bond donors (Lipinski definition) is 2. The Morgan fingerprint density at radius 2 is 2.00 bits per heavy atom. The van der Waals surface area contributed by atoms with E-state index in [2.05, 4.69) is 20.2 Å². The van der Waals surface area contributed by atoms with Crippen LogP contribution in [0.4, 0.5) is 0 Å². The van der Waals surface area contributed by atoms with Crippen LogP contribution in [0.3, 0.4) is 0 Å². The number of aromatic nitrogens is 4. The van der Waals surface area contributed by atoms with Crippen LogP contribution in [0.1, 0.15) is 0 Å². The number of para-hydroxylation sites is 2. The summed E-state index contributed by atoms with van der Waals surface area (Å²) in [7, 11) is 0. The van der Waals surface area contributed by atoms with Crippen LogP contribution in [0.15, 0.2) is 41.3 Å². The summed E-state index contributed by atoms with van der Waals surface area (Å²) in [4.78, 5) is 18.8. The average Bonchev–Trinajstić information content (AvgIpc) is 2.81. The standard InChI is InChI=1S/C11H8N4O/c16-11-10(9-5-6-12-15-9)13-7-3-1-2-4-8(7)14-11/h1-6H,(H,12,15)(H,14,16). The van der Waals surface area contributed by atoms with E-state index in [9.17, 15) is 4.79 Å². The van der Waals surface area contributed by atoms with Gasteiger partial charge in [-0.05, 0) is 18.2 Å². The van der Waals surface area contributed by atoms with Gasteiger partial charge in [-0.1, -0.05) is 12.1 Å². The lowest BCUT2D eigenvalue weighted by Crippen LogP contribution is -2.11. The molecule has 0 atom stereocenters. The highest BCUT2D eigenvalue weighted by molar-refractivity contribution is 5.76. The second kappa shape index (κ2) is 3.30. The summed E-state index contributed by atoms with van der Waals surface area (Å²) in [6.07, 6.45) is 1.59. The summed E-state index contributed by atoms with van der Waals surface area (Å²) >= 11 is 0. The van der Waals surface area contributed by atoms with E-state index in [0.717, 1.165) is 11.0 Å². The number of benzene rings is 1. The maximum atomic E-state index is 11.8. The molecule has 0 aliphatic heterocycles. The van der Waals surface area contributed by atoms with Crippen LogP contribution in [-0.4, -0.2) is 20.2 Å². The molecule has 0 bridgehead atoms. The van der Waals surface area contributed by atoms with Crippen LogP contribution in [-0.2, 0) is 0 Å². The fourth-order valence-corrected chi connectivity index (χ4v) is 1.60. The van der Waals surface area contributed by atoms with Crippen molar-refractivity contribution >= 4 is 11.0 Å². The van der Waals surface area contributed by atoms with Crippen molar-refractivity contribution in [3.8, 4) is 11.4 Å². The zero-order valence-corrected chi connectivity index (χ0v) is 8.27. The second-order valence-electron chi connectivity index (χ2n) is 3.40. The molecule has 0 amide bonds. The molecule has 1 aromatic carbocycles. The van der Waals surface area contributed by atoms with Crippen LogP contribution in [0.5, 0.6) is 0 Å². The number of rotatable bonds is 1. The van der Waals surface area contributed by atoms with Gasteiger partial charge < -0.3 is 4.98 Å². The van der Waals surface area contributed by atoms with Crippen LogP contribution in [0.2, 0.25) is 0 Å². The summed E-state index contributed by atoms with van der Waals surface area (Å²) < 4.78 is 0. The monoisotopic (exact) mass is 212 g/mol. The van der Waals surface area contributed by atoms with Gasteiger partial charge in [-0.3, -0.25) is 9.89 Å². The Balaban J connectivity index is 2.34. The average molecular weight is 212 g/mol. The fraction of sp³-hybridized carbons (Fsp3) is 0. The number of fused-ring (bicyclic) bond motifs is 1. The Morgan fingerprint density at radius 1 is 1.12 bits per heavy atom. The zero-order chi connectivity index (χ0) is 11.0. The van der Waals surface area contributed by atoms with Gasteiger partial charge in [0, 0.05) is 6.20 Å². The van der Waals surface area contributed by atoms with Crippen molar-refractivity contribution in [2.75, 3.05) is 0 Å². The molecule has 0 fully saturated rings. The summed E-state index contributed by atoms with van der Waals surface area (Å²) in [5, 5.41) is 6.53. The first-order valence-electron chi connectivity index (χ1n) is 4.83. The minimum absolute atomic E-state index is 0.219. The topological polar surface area (TPSA) is 74.4 Å². The molecule has 5 heteroatoms. The predicted molar refractivity (Wildman–Crippen MR) is 59.9 cm³/mol. The summed E-state index contributed by atoms with van der Waals surface area (Å²) in [5.74, 6) is 0.